The second-order valence-electron chi connectivity index (χ2n) is 4.62. The molecule has 2 rings (SSSR count). The van der Waals surface area contributed by atoms with Crippen LogP contribution in [0.5, 0.6) is 0 Å². The molecule has 1 aromatic heterocycles. The first-order valence-electron chi connectivity index (χ1n) is 6.28. The highest BCUT2D eigenvalue weighted by atomic mass is 35.5. The third-order valence-corrected chi connectivity index (χ3v) is 5.57. The quantitative estimate of drug-likeness (QED) is 0.937. The van der Waals surface area contributed by atoms with E-state index in [9.17, 15) is 8.42 Å². The number of anilines is 1. The molecule has 2 aromatic rings. The van der Waals surface area contributed by atoms with E-state index in [1.54, 1.807) is 31.2 Å². The molecule has 1 aromatic carbocycles. The molecule has 0 spiro atoms. The Morgan fingerprint density at radius 3 is 2.52 bits per heavy atom. The Hall–Kier alpha value is -1.63. The number of nitrogen functional groups attached to an aromatic ring is 1. The molecule has 0 aliphatic carbocycles. The molecule has 0 fully saturated rings. The smallest absolute Gasteiger partial charge is 0.262 e. The zero-order chi connectivity index (χ0) is 15.6. The van der Waals surface area contributed by atoms with Crippen molar-refractivity contribution in [1.29, 1.82) is 0 Å². The van der Waals surface area contributed by atoms with Crippen molar-refractivity contribution in [2.45, 2.75) is 18.0 Å². The minimum absolute atomic E-state index is 0.121. The van der Waals surface area contributed by atoms with Crippen molar-refractivity contribution in [1.82, 2.24) is 9.29 Å². The van der Waals surface area contributed by atoms with Gasteiger partial charge in [0, 0.05) is 24.3 Å². The zero-order valence-corrected chi connectivity index (χ0v) is 13.3. The highest BCUT2D eigenvalue weighted by Crippen LogP contribution is 2.30. The Morgan fingerprint density at radius 2 is 1.90 bits per heavy atom. The summed E-state index contributed by atoms with van der Waals surface area (Å²) in [7, 11) is -2.31. The molecular formula is C14H16ClN3O2S. The van der Waals surface area contributed by atoms with Gasteiger partial charge in [-0.3, -0.25) is 0 Å². The summed E-state index contributed by atoms with van der Waals surface area (Å²) in [6.45, 7) is 1.76. The van der Waals surface area contributed by atoms with Crippen LogP contribution in [0, 0.1) is 0 Å². The van der Waals surface area contributed by atoms with Crippen LogP contribution in [-0.2, 0) is 10.0 Å². The first kappa shape index (κ1) is 15.8. The number of benzene rings is 1. The van der Waals surface area contributed by atoms with Crippen molar-refractivity contribution in [3.8, 4) is 0 Å². The summed E-state index contributed by atoms with van der Waals surface area (Å²) in [5, 5.41) is 0.368. The van der Waals surface area contributed by atoms with E-state index in [2.05, 4.69) is 4.98 Å². The maximum Gasteiger partial charge on any atom is 0.262 e. The van der Waals surface area contributed by atoms with E-state index in [1.165, 1.54) is 23.6 Å². The van der Waals surface area contributed by atoms with E-state index >= 15 is 0 Å². The third kappa shape index (κ3) is 3.02. The van der Waals surface area contributed by atoms with Crippen molar-refractivity contribution in [2.75, 3.05) is 12.8 Å². The average Bonchev–Trinajstić information content (AvgIpc) is 2.46. The molecule has 0 saturated carbocycles. The number of hydrogen-bond acceptors (Lipinski definition) is 4. The molecule has 2 N–H and O–H groups in total. The summed E-state index contributed by atoms with van der Waals surface area (Å²) in [5.41, 5.74) is 6.56. The Bertz CT molecular complexity index is 749. The van der Waals surface area contributed by atoms with Gasteiger partial charge in [-0.25, -0.2) is 13.4 Å². The van der Waals surface area contributed by atoms with Crippen molar-refractivity contribution in [2.24, 2.45) is 0 Å². The van der Waals surface area contributed by atoms with Crippen molar-refractivity contribution in [3.05, 3.63) is 53.2 Å². The summed E-state index contributed by atoms with van der Waals surface area (Å²) in [6.07, 6.45) is 1.40. The lowest BCUT2D eigenvalue weighted by Gasteiger charge is -2.25. The van der Waals surface area contributed by atoms with Crippen molar-refractivity contribution >= 4 is 27.3 Å². The van der Waals surface area contributed by atoms with Gasteiger partial charge in [-0.15, -0.1) is 0 Å². The van der Waals surface area contributed by atoms with Gasteiger partial charge in [0.05, 0.1) is 5.69 Å². The second-order valence-corrected chi connectivity index (χ2v) is 6.94. The summed E-state index contributed by atoms with van der Waals surface area (Å²) in [6, 6.07) is 9.78. The molecule has 0 aliphatic heterocycles. The minimum Gasteiger partial charge on any atom is -0.396 e. The van der Waals surface area contributed by atoms with Crippen LogP contribution >= 0.6 is 11.6 Å². The SMILES string of the molecule is CC(c1ccccc1Cl)N(C)S(=O)(=O)c1ncccc1N. The maximum atomic E-state index is 12.6. The number of nitrogens with zero attached hydrogens (tertiary/aromatic N) is 2. The van der Waals surface area contributed by atoms with Crippen LogP contribution in [0.2, 0.25) is 5.02 Å². The summed E-state index contributed by atoms with van der Waals surface area (Å²) < 4.78 is 26.5. The molecule has 5 nitrogen and oxygen atoms in total. The number of pyridine rings is 1. The molecular weight excluding hydrogens is 310 g/mol. The van der Waals surface area contributed by atoms with Gasteiger partial charge in [-0.2, -0.15) is 4.31 Å². The van der Waals surface area contributed by atoms with Gasteiger partial charge >= 0.3 is 0 Å². The number of aromatic nitrogens is 1. The van der Waals surface area contributed by atoms with Crippen LogP contribution in [0.3, 0.4) is 0 Å². The molecule has 0 radical (unpaired) electrons. The first-order valence-corrected chi connectivity index (χ1v) is 8.10. The van der Waals surface area contributed by atoms with E-state index in [-0.39, 0.29) is 10.7 Å². The summed E-state index contributed by atoms with van der Waals surface area (Å²) >= 11 is 6.13. The lowest BCUT2D eigenvalue weighted by molar-refractivity contribution is 0.397. The molecule has 1 unspecified atom stereocenters. The van der Waals surface area contributed by atoms with Crippen LogP contribution < -0.4 is 5.73 Å². The van der Waals surface area contributed by atoms with Crippen LogP contribution in [-0.4, -0.2) is 24.8 Å². The van der Waals surface area contributed by atoms with Gasteiger partial charge in [0.25, 0.3) is 10.0 Å². The second kappa shape index (κ2) is 6.01. The Morgan fingerprint density at radius 1 is 1.24 bits per heavy atom. The molecule has 0 aliphatic rings. The minimum atomic E-state index is -3.80. The lowest BCUT2D eigenvalue weighted by Crippen LogP contribution is -2.31. The van der Waals surface area contributed by atoms with Crippen molar-refractivity contribution < 1.29 is 8.42 Å². The summed E-state index contributed by atoms with van der Waals surface area (Å²) in [5.74, 6) is 0. The van der Waals surface area contributed by atoms with Crippen LogP contribution in [0.1, 0.15) is 18.5 Å². The van der Waals surface area contributed by atoms with Gasteiger partial charge < -0.3 is 5.73 Å². The van der Waals surface area contributed by atoms with Gasteiger partial charge in [0.2, 0.25) is 0 Å². The number of hydrogen-bond donors (Lipinski definition) is 1. The van der Waals surface area contributed by atoms with Gasteiger partial charge in [0.15, 0.2) is 5.03 Å². The monoisotopic (exact) mass is 325 g/mol. The first-order chi connectivity index (χ1) is 9.85. The number of halogens is 1. The third-order valence-electron chi connectivity index (χ3n) is 3.32. The zero-order valence-electron chi connectivity index (χ0n) is 11.7. The Kier molecular flexibility index (Phi) is 4.51. The highest BCUT2D eigenvalue weighted by molar-refractivity contribution is 7.89. The van der Waals surface area contributed by atoms with Crippen molar-refractivity contribution in [3.63, 3.8) is 0 Å². The fraction of sp³-hybridized carbons (Fsp3) is 0.214. The predicted octanol–water partition coefficient (Wildman–Crippen LogP) is 2.70. The molecule has 112 valence electrons. The standard InChI is InChI=1S/C14H16ClN3O2S/c1-10(11-6-3-4-7-12(11)15)18(2)21(19,20)14-13(16)8-5-9-17-14/h3-10H,16H2,1-2H3. The van der Waals surface area contributed by atoms with Gasteiger partial charge in [0.1, 0.15) is 0 Å². The maximum absolute atomic E-state index is 12.6. The fourth-order valence-corrected chi connectivity index (χ4v) is 3.63. The molecule has 1 atom stereocenters. The van der Waals surface area contributed by atoms with E-state index in [0.717, 1.165) is 5.56 Å². The lowest BCUT2D eigenvalue weighted by atomic mass is 10.1. The number of rotatable bonds is 4. The van der Waals surface area contributed by atoms with E-state index < -0.39 is 16.1 Å². The molecule has 1 heterocycles. The average molecular weight is 326 g/mol. The van der Waals surface area contributed by atoms with Gasteiger partial charge in [-0.1, -0.05) is 29.8 Å². The molecule has 0 saturated heterocycles. The molecule has 0 amide bonds. The number of nitrogens with two attached hydrogens (primary N) is 1. The fourth-order valence-electron chi connectivity index (χ4n) is 1.97. The predicted molar refractivity (Wildman–Crippen MR) is 83.5 cm³/mol. The van der Waals surface area contributed by atoms with E-state index in [1.807, 2.05) is 6.07 Å². The molecule has 7 heteroatoms. The highest BCUT2D eigenvalue weighted by Gasteiger charge is 2.29. The molecule has 21 heavy (non-hydrogen) atoms. The molecule has 0 bridgehead atoms. The normalized spacial score (nSPS) is 13.3. The van der Waals surface area contributed by atoms with Crippen LogP contribution in [0.15, 0.2) is 47.6 Å². The van der Waals surface area contributed by atoms with Crippen LogP contribution in [0.4, 0.5) is 5.69 Å². The van der Waals surface area contributed by atoms with E-state index in [0.29, 0.717) is 5.02 Å². The number of sulfonamides is 1. The summed E-state index contributed by atoms with van der Waals surface area (Å²) in [4.78, 5) is 3.88. The van der Waals surface area contributed by atoms with Gasteiger partial charge in [-0.05, 0) is 30.7 Å². The van der Waals surface area contributed by atoms with Crippen LogP contribution in [0.25, 0.3) is 0 Å². The Balaban J connectivity index is 2.42. The Labute approximate surface area is 129 Å². The largest absolute Gasteiger partial charge is 0.396 e. The van der Waals surface area contributed by atoms with E-state index in [4.69, 9.17) is 17.3 Å². The topological polar surface area (TPSA) is 76.3 Å².